The van der Waals surface area contributed by atoms with Crippen LogP contribution in [0.4, 0.5) is 13.2 Å². The Bertz CT molecular complexity index is 565. The summed E-state index contributed by atoms with van der Waals surface area (Å²) in [7, 11) is -4.13. The van der Waals surface area contributed by atoms with Crippen molar-refractivity contribution in [2.75, 3.05) is 0 Å². The first-order valence-corrected chi connectivity index (χ1v) is 7.38. The molecule has 0 saturated heterocycles. The maximum Gasteiger partial charge on any atom is 0.301 e. The average Bonchev–Trinajstić information content (AvgIpc) is 2.28. The Kier molecular flexibility index (Phi) is 5.57. The number of rotatable bonds is 5. The highest BCUT2D eigenvalue weighted by Gasteiger charge is 2.22. The number of benzene rings is 1. The molecule has 3 nitrogen and oxygen atoms in total. The Balaban J connectivity index is 2.80. The predicted molar refractivity (Wildman–Crippen MR) is 67.1 cm³/mol. The van der Waals surface area contributed by atoms with E-state index in [9.17, 15) is 21.6 Å². The largest absolute Gasteiger partial charge is 0.301 e. The summed E-state index contributed by atoms with van der Waals surface area (Å²) in [6, 6.07) is 5.74. The molecule has 0 fully saturated rings. The maximum absolute atomic E-state index is 12.6. The summed E-state index contributed by atoms with van der Waals surface area (Å²) in [5.74, 6) is -1.72. The van der Waals surface area contributed by atoms with Crippen molar-refractivity contribution in [1.29, 1.82) is 0 Å². The van der Waals surface area contributed by atoms with Crippen LogP contribution in [0.5, 0.6) is 0 Å². The van der Waals surface area contributed by atoms with E-state index in [1.165, 1.54) is 12.1 Å². The van der Waals surface area contributed by atoms with E-state index in [1.54, 1.807) is 19.1 Å². The predicted octanol–water partition coefficient (Wildman–Crippen LogP) is 3.89. The Morgan fingerprint density at radius 2 is 1.79 bits per heavy atom. The minimum Gasteiger partial charge on any atom is -0.251 e. The van der Waals surface area contributed by atoms with Gasteiger partial charge in [-0.05, 0) is 19.1 Å². The standard InChI is InChI=1S/C11H10BrF3O3S/c1-7-2-4-8(5-3-7)19(16,17)18-10(12)6-9(13)11(14)15/h2-5,10H,6H2,1H3. The molecule has 0 bridgehead atoms. The van der Waals surface area contributed by atoms with Crippen molar-refractivity contribution in [3.8, 4) is 0 Å². The lowest BCUT2D eigenvalue weighted by Gasteiger charge is -2.10. The van der Waals surface area contributed by atoms with Gasteiger partial charge in [-0.1, -0.05) is 33.6 Å². The zero-order chi connectivity index (χ0) is 14.6. The Morgan fingerprint density at radius 3 is 2.26 bits per heavy atom. The average molecular weight is 359 g/mol. The van der Waals surface area contributed by atoms with Crippen LogP contribution in [0, 0.1) is 6.92 Å². The van der Waals surface area contributed by atoms with Crippen LogP contribution < -0.4 is 0 Å². The number of alkyl halides is 1. The Labute approximate surface area is 117 Å². The molecule has 1 aromatic carbocycles. The summed E-state index contributed by atoms with van der Waals surface area (Å²) < 4.78 is 64.4. The maximum atomic E-state index is 12.6. The quantitative estimate of drug-likeness (QED) is 0.592. The van der Waals surface area contributed by atoms with Gasteiger partial charge in [0.05, 0.1) is 4.90 Å². The van der Waals surface area contributed by atoms with E-state index in [-0.39, 0.29) is 4.90 Å². The minimum atomic E-state index is -4.13. The Hall–Kier alpha value is -0.860. The molecule has 8 heteroatoms. The van der Waals surface area contributed by atoms with E-state index in [0.29, 0.717) is 0 Å². The number of hydrogen-bond donors (Lipinski definition) is 0. The highest BCUT2D eigenvalue weighted by Crippen LogP contribution is 2.24. The van der Waals surface area contributed by atoms with Gasteiger partial charge >= 0.3 is 6.08 Å². The van der Waals surface area contributed by atoms with Crippen LogP contribution in [0.15, 0.2) is 41.1 Å². The monoisotopic (exact) mass is 358 g/mol. The second-order valence-electron chi connectivity index (χ2n) is 3.64. The number of halogens is 4. The highest BCUT2D eigenvalue weighted by atomic mass is 79.9. The summed E-state index contributed by atoms with van der Waals surface area (Å²) in [4.78, 5) is -0.132. The molecule has 0 saturated carbocycles. The summed E-state index contributed by atoms with van der Waals surface area (Å²) in [6.07, 6.45) is -3.38. The van der Waals surface area contributed by atoms with Crippen LogP contribution >= 0.6 is 15.9 Å². The van der Waals surface area contributed by atoms with Crippen molar-refractivity contribution < 1.29 is 25.8 Å². The van der Waals surface area contributed by atoms with Gasteiger partial charge in [0.25, 0.3) is 10.1 Å². The third-order valence-electron chi connectivity index (χ3n) is 2.09. The molecule has 1 rings (SSSR count). The molecule has 0 heterocycles. The molecule has 0 radical (unpaired) electrons. The summed E-state index contributed by atoms with van der Waals surface area (Å²) in [5.41, 5.74) is 0.850. The van der Waals surface area contributed by atoms with Crippen molar-refractivity contribution >= 4 is 26.0 Å². The fourth-order valence-corrected chi connectivity index (χ4v) is 2.96. The zero-order valence-electron chi connectivity index (χ0n) is 9.74. The van der Waals surface area contributed by atoms with Gasteiger partial charge in [0.15, 0.2) is 5.83 Å². The van der Waals surface area contributed by atoms with Gasteiger partial charge in [-0.3, -0.25) is 4.18 Å². The van der Waals surface area contributed by atoms with Gasteiger partial charge in [0.2, 0.25) is 0 Å². The van der Waals surface area contributed by atoms with Crippen molar-refractivity contribution in [3.05, 3.63) is 41.7 Å². The molecule has 0 N–H and O–H groups in total. The molecule has 0 aromatic heterocycles. The van der Waals surface area contributed by atoms with Crippen molar-refractivity contribution in [1.82, 2.24) is 0 Å². The van der Waals surface area contributed by atoms with Gasteiger partial charge in [0, 0.05) is 6.42 Å². The number of aryl methyl sites for hydroxylation is 1. The molecule has 1 aromatic rings. The van der Waals surface area contributed by atoms with Crippen LogP contribution in [0.1, 0.15) is 12.0 Å². The van der Waals surface area contributed by atoms with Gasteiger partial charge in [-0.25, -0.2) is 4.39 Å². The fraction of sp³-hybridized carbons (Fsp3) is 0.273. The molecule has 1 unspecified atom stereocenters. The van der Waals surface area contributed by atoms with Crippen molar-refractivity contribution in [2.45, 2.75) is 23.3 Å². The van der Waals surface area contributed by atoms with E-state index < -0.39 is 33.5 Å². The van der Waals surface area contributed by atoms with Gasteiger partial charge in [-0.2, -0.15) is 17.2 Å². The first-order valence-electron chi connectivity index (χ1n) is 5.06. The third-order valence-corrected chi connectivity index (χ3v) is 4.18. The van der Waals surface area contributed by atoms with Crippen LogP contribution in [0.2, 0.25) is 0 Å². The minimum absolute atomic E-state index is 0.132. The molecule has 0 aliphatic rings. The van der Waals surface area contributed by atoms with Gasteiger partial charge in [0.1, 0.15) is 5.01 Å². The zero-order valence-corrected chi connectivity index (χ0v) is 12.1. The van der Waals surface area contributed by atoms with E-state index in [1.807, 2.05) is 0 Å². The first kappa shape index (κ1) is 16.2. The lowest BCUT2D eigenvalue weighted by Crippen LogP contribution is -2.13. The summed E-state index contributed by atoms with van der Waals surface area (Å²) in [6.45, 7) is 1.77. The van der Waals surface area contributed by atoms with E-state index in [0.717, 1.165) is 5.56 Å². The first-order chi connectivity index (χ1) is 8.72. The molecule has 0 amide bonds. The van der Waals surface area contributed by atoms with Gasteiger partial charge < -0.3 is 0 Å². The molecule has 106 valence electrons. The second kappa shape index (κ2) is 6.53. The van der Waals surface area contributed by atoms with E-state index in [2.05, 4.69) is 20.1 Å². The lowest BCUT2D eigenvalue weighted by atomic mass is 10.2. The highest BCUT2D eigenvalue weighted by molar-refractivity contribution is 9.09. The van der Waals surface area contributed by atoms with Crippen LogP contribution in [-0.2, 0) is 14.3 Å². The van der Waals surface area contributed by atoms with Crippen molar-refractivity contribution in [3.63, 3.8) is 0 Å². The second-order valence-corrected chi connectivity index (χ2v) is 6.24. The van der Waals surface area contributed by atoms with Crippen LogP contribution in [0.25, 0.3) is 0 Å². The van der Waals surface area contributed by atoms with Crippen molar-refractivity contribution in [2.24, 2.45) is 0 Å². The van der Waals surface area contributed by atoms with Gasteiger partial charge in [-0.15, -0.1) is 0 Å². The normalized spacial score (nSPS) is 13.1. The number of hydrogen-bond acceptors (Lipinski definition) is 3. The summed E-state index contributed by atoms with van der Waals surface area (Å²) in [5, 5.41) is -1.40. The molecule has 19 heavy (non-hydrogen) atoms. The van der Waals surface area contributed by atoms with Crippen LogP contribution in [0.3, 0.4) is 0 Å². The topological polar surface area (TPSA) is 43.4 Å². The third kappa shape index (κ3) is 4.96. The lowest BCUT2D eigenvalue weighted by molar-refractivity contribution is 0.276. The fourth-order valence-electron chi connectivity index (χ4n) is 1.15. The SMILES string of the molecule is Cc1ccc(S(=O)(=O)OC(Br)CC(F)=C(F)F)cc1. The molecule has 0 aliphatic heterocycles. The molecule has 1 atom stereocenters. The summed E-state index contributed by atoms with van der Waals surface area (Å²) >= 11 is 2.69. The van der Waals surface area contributed by atoms with E-state index >= 15 is 0 Å². The van der Waals surface area contributed by atoms with E-state index in [4.69, 9.17) is 0 Å². The van der Waals surface area contributed by atoms with Crippen LogP contribution in [-0.4, -0.2) is 13.4 Å². The molecule has 0 spiro atoms. The molecular weight excluding hydrogens is 349 g/mol. The molecule has 0 aliphatic carbocycles. The smallest absolute Gasteiger partial charge is 0.251 e. The Morgan fingerprint density at radius 1 is 1.26 bits per heavy atom. The molecular formula is C11H10BrF3O3S.